The number of carbonyl (C=O) groups is 1. The summed E-state index contributed by atoms with van der Waals surface area (Å²) in [7, 11) is -2.31. The molecule has 0 unspecified atom stereocenters. The maximum absolute atomic E-state index is 12.8. The van der Waals surface area contributed by atoms with E-state index >= 15 is 0 Å². The predicted molar refractivity (Wildman–Crippen MR) is 106 cm³/mol. The number of nitrogens with zero attached hydrogens (tertiary/aromatic N) is 2. The van der Waals surface area contributed by atoms with Crippen LogP contribution in [0, 0.1) is 17.0 Å². The van der Waals surface area contributed by atoms with Crippen LogP contribution >= 0.6 is 0 Å². The van der Waals surface area contributed by atoms with Crippen LogP contribution in [-0.2, 0) is 14.8 Å². The molecule has 29 heavy (non-hydrogen) atoms. The first-order chi connectivity index (χ1) is 13.6. The molecule has 154 valence electrons. The Morgan fingerprint density at radius 3 is 2.66 bits per heavy atom. The molecule has 3 rings (SSSR count). The fourth-order valence-corrected chi connectivity index (χ4v) is 3.84. The van der Waals surface area contributed by atoms with Gasteiger partial charge in [0.25, 0.3) is 11.6 Å². The Morgan fingerprint density at radius 1 is 1.31 bits per heavy atom. The number of non-ortho nitro benzene ring substituents is 1. The summed E-state index contributed by atoms with van der Waals surface area (Å²) in [4.78, 5) is 23.2. The van der Waals surface area contributed by atoms with E-state index in [0.717, 1.165) is 22.2 Å². The van der Waals surface area contributed by atoms with Crippen molar-refractivity contribution in [2.75, 3.05) is 29.5 Å². The molecule has 0 aliphatic carbocycles. The minimum absolute atomic E-state index is 0.0795. The van der Waals surface area contributed by atoms with Gasteiger partial charge in [0.05, 0.1) is 36.2 Å². The SMILES string of the molecule is COc1ccc([N+](=O)[O-])cc1NC(=O)[C@@H]1CN(S(C)(=O)=O)c2cc(C)ccc2O1. The second-order valence-corrected chi connectivity index (χ2v) is 8.41. The summed E-state index contributed by atoms with van der Waals surface area (Å²) in [5.74, 6) is -0.196. The number of nitro groups is 1. The number of carbonyl (C=O) groups excluding carboxylic acids is 1. The lowest BCUT2D eigenvalue weighted by Gasteiger charge is -2.34. The zero-order chi connectivity index (χ0) is 21.3. The molecular formula is C18H19N3O7S. The first-order valence-corrected chi connectivity index (χ1v) is 10.3. The van der Waals surface area contributed by atoms with Gasteiger partial charge in [0.1, 0.15) is 11.5 Å². The first-order valence-electron chi connectivity index (χ1n) is 8.48. The Bertz CT molecular complexity index is 1080. The van der Waals surface area contributed by atoms with Gasteiger partial charge in [-0.25, -0.2) is 8.42 Å². The van der Waals surface area contributed by atoms with Crippen LogP contribution in [0.15, 0.2) is 36.4 Å². The minimum atomic E-state index is -3.67. The van der Waals surface area contributed by atoms with Crippen molar-refractivity contribution in [1.29, 1.82) is 0 Å². The molecule has 2 aromatic carbocycles. The second-order valence-electron chi connectivity index (χ2n) is 6.50. The number of methoxy groups -OCH3 is 1. The molecule has 1 amide bonds. The molecule has 0 fully saturated rings. The topological polar surface area (TPSA) is 128 Å². The zero-order valence-corrected chi connectivity index (χ0v) is 16.7. The summed E-state index contributed by atoms with van der Waals surface area (Å²) in [6.07, 6.45) is -0.118. The molecule has 0 saturated carbocycles. The molecule has 2 aromatic rings. The molecule has 1 aliphatic heterocycles. The fraction of sp³-hybridized carbons (Fsp3) is 0.278. The molecule has 1 aliphatic rings. The van der Waals surface area contributed by atoms with Crippen LogP contribution < -0.4 is 19.1 Å². The lowest BCUT2D eigenvalue weighted by Crippen LogP contribution is -2.48. The van der Waals surface area contributed by atoms with Crippen molar-refractivity contribution in [1.82, 2.24) is 0 Å². The number of hydrogen-bond acceptors (Lipinski definition) is 7. The minimum Gasteiger partial charge on any atom is -0.495 e. The van der Waals surface area contributed by atoms with Gasteiger partial charge in [-0.3, -0.25) is 19.2 Å². The third-order valence-electron chi connectivity index (χ3n) is 4.33. The van der Waals surface area contributed by atoms with Gasteiger partial charge in [-0.1, -0.05) is 6.07 Å². The van der Waals surface area contributed by atoms with E-state index in [1.807, 2.05) is 6.92 Å². The molecule has 0 saturated heterocycles. The molecule has 1 heterocycles. The van der Waals surface area contributed by atoms with Crippen LogP contribution in [-0.4, -0.2) is 45.3 Å². The van der Waals surface area contributed by atoms with Crippen molar-refractivity contribution in [2.24, 2.45) is 0 Å². The number of benzene rings is 2. The van der Waals surface area contributed by atoms with Crippen molar-refractivity contribution < 1.29 is 27.6 Å². The van der Waals surface area contributed by atoms with Crippen molar-refractivity contribution in [3.63, 3.8) is 0 Å². The average Bonchev–Trinajstić information content (AvgIpc) is 2.66. The second kappa shape index (κ2) is 7.59. The van der Waals surface area contributed by atoms with Crippen molar-refractivity contribution in [2.45, 2.75) is 13.0 Å². The highest BCUT2D eigenvalue weighted by Gasteiger charge is 2.35. The number of fused-ring (bicyclic) bond motifs is 1. The Hall–Kier alpha value is -3.34. The van der Waals surface area contributed by atoms with Crippen LogP contribution in [0.1, 0.15) is 5.56 Å². The Balaban J connectivity index is 1.92. The fourth-order valence-electron chi connectivity index (χ4n) is 2.93. The molecule has 0 spiro atoms. The Kier molecular flexibility index (Phi) is 5.33. The molecule has 11 heteroatoms. The highest BCUT2D eigenvalue weighted by molar-refractivity contribution is 7.92. The quantitative estimate of drug-likeness (QED) is 0.578. The van der Waals surface area contributed by atoms with Gasteiger partial charge in [-0.15, -0.1) is 0 Å². The lowest BCUT2D eigenvalue weighted by molar-refractivity contribution is -0.384. The highest BCUT2D eigenvalue weighted by atomic mass is 32.2. The lowest BCUT2D eigenvalue weighted by atomic mass is 10.1. The third-order valence-corrected chi connectivity index (χ3v) is 5.47. The summed E-state index contributed by atoms with van der Waals surface area (Å²) in [5, 5.41) is 13.5. The number of nitro benzene ring substituents is 1. The highest BCUT2D eigenvalue weighted by Crippen LogP contribution is 2.36. The largest absolute Gasteiger partial charge is 0.495 e. The third kappa shape index (κ3) is 4.24. The standard InChI is InChI=1S/C18H19N3O7S/c1-11-4-6-16-14(8-11)20(29(3,25)26)10-17(28-16)18(22)19-13-9-12(21(23)24)5-7-15(13)27-2/h4-9,17H,10H2,1-3H3,(H,19,22)/t17-/m0/s1. The summed E-state index contributed by atoms with van der Waals surface area (Å²) < 4.78 is 36.4. The van der Waals surface area contributed by atoms with Crippen LogP contribution in [0.25, 0.3) is 0 Å². The Morgan fingerprint density at radius 2 is 2.03 bits per heavy atom. The molecule has 0 aromatic heterocycles. The number of nitrogens with one attached hydrogen (secondary N) is 1. The van der Waals surface area contributed by atoms with Gasteiger partial charge in [-0.2, -0.15) is 0 Å². The number of sulfonamides is 1. The van der Waals surface area contributed by atoms with Crippen LogP contribution in [0.4, 0.5) is 17.1 Å². The number of aryl methyl sites for hydroxylation is 1. The van der Waals surface area contributed by atoms with E-state index in [-0.39, 0.29) is 29.4 Å². The zero-order valence-electron chi connectivity index (χ0n) is 15.9. The van der Waals surface area contributed by atoms with E-state index in [1.165, 1.54) is 19.2 Å². The van der Waals surface area contributed by atoms with Crippen LogP contribution in [0.3, 0.4) is 0 Å². The number of amides is 1. The number of ether oxygens (including phenoxy) is 2. The van der Waals surface area contributed by atoms with Gasteiger partial charge >= 0.3 is 0 Å². The number of rotatable bonds is 5. The normalized spacial score (nSPS) is 15.8. The van der Waals surface area contributed by atoms with Crippen molar-refractivity contribution in [3.8, 4) is 11.5 Å². The molecular weight excluding hydrogens is 402 g/mol. The van der Waals surface area contributed by atoms with E-state index in [2.05, 4.69) is 5.32 Å². The maximum Gasteiger partial charge on any atom is 0.271 e. The summed E-state index contributed by atoms with van der Waals surface area (Å²) in [6.45, 7) is 1.58. The van der Waals surface area contributed by atoms with Gasteiger partial charge in [-0.05, 0) is 30.7 Å². The van der Waals surface area contributed by atoms with Gasteiger partial charge in [0.15, 0.2) is 6.10 Å². The molecule has 10 nitrogen and oxygen atoms in total. The van der Waals surface area contributed by atoms with Crippen LogP contribution in [0.2, 0.25) is 0 Å². The van der Waals surface area contributed by atoms with Gasteiger partial charge in [0.2, 0.25) is 10.0 Å². The summed E-state index contributed by atoms with van der Waals surface area (Å²) >= 11 is 0. The smallest absolute Gasteiger partial charge is 0.271 e. The van der Waals surface area contributed by atoms with E-state index in [9.17, 15) is 23.3 Å². The van der Waals surface area contributed by atoms with Gasteiger partial charge < -0.3 is 14.8 Å². The van der Waals surface area contributed by atoms with E-state index in [0.29, 0.717) is 5.69 Å². The van der Waals surface area contributed by atoms with Crippen molar-refractivity contribution in [3.05, 3.63) is 52.1 Å². The van der Waals surface area contributed by atoms with E-state index in [1.54, 1.807) is 18.2 Å². The Labute approximate surface area is 167 Å². The summed E-state index contributed by atoms with van der Waals surface area (Å²) in [5.41, 5.74) is 1.04. The molecule has 0 radical (unpaired) electrons. The maximum atomic E-state index is 12.8. The first kappa shape index (κ1) is 20.4. The predicted octanol–water partition coefficient (Wildman–Crippen LogP) is 2.08. The van der Waals surface area contributed by atoms with Crippen molar-refractivity contribution >= 4 is 33.0 Å². The van der Waals surface area contributed by atoms with E-state index < -0.39 is 27.0 Å². The number of anilines is 2. The number of hydrogen-bond donors (Lipinski definition) is 1. The molecule has 0 bridgehead atoms. The van der Waals surface area contributed by atoms with E-state index in [4.69, 9.17) is 9.47 Å². The van der Waals surface area contributed by atoms with Crippen LogP contribution in [0.5, 0.6) is 11.5 Å². The molecule has 1 N–H and O–H groups in total. The van der Waals surface area contributed by atoms with Gasteiger partial charge in [0, 0.05) is 12.1 Å². The average molecular weight is 421 g/mol. The monoisotopic (exact) mass is 421 g/mol. The summed E-state index contributed by atoms with van der Waals surface area (Å²) in [6, 6.07) is 8.75. The molecule has 1 atom stereocenters.